The molecule has 1 aromatic carbocycles. The Morgan fingerprint density at radius 1 is 1.16 bits per heavy atom. The monoisotopic (exact) mass is 264 g/mol. The third-order valence-corrected chi connectivity index (χ3v) is 3.03. The van der Waals surface area contributed by atoms with Crippen molar-refractivity contribution in [3.05, 3.63) is 29.8 Å². The molecule has 0 aliphatic carbocycles. The number of carbonyl (C=O) groups is 1. The van der Waals surface area contributed by atoms with Gasteiger partial charge in [-0.25, -0.2) is 4.79 Å². The number of benzene rings is 1. The zero-order valence-corrected chi connectivity index (χ0v) is 11.2. The molecule has 5 nitrogen and oxygen atoms in total. The minimum atomic E-state index is -0.362. The molecule has 0 saturated carbocycles. The summed E-state index contributed by atoms with van der Waals surface area (Å²) in [6.45, 7) is 3.67. The van der Waals surface area contributed by atoms with Crippen molar-refractivity contribution in [2.45, 2.75) is 12.5 Å². The van der Waals surface area contributed by atoms with E-state index in [-0.39, 0.29) is 12.1 Å². The molecule has 19 heavy (non-hydrogen) atoms. The molecule has 102 valence electrons. The number of methoxy groups -OCH3 is 3. The number of carbonyl (C=O) groups excluding carboxylic acids is 1. The van der Waals surface area contributed by atoms with E-state index in [9.17, 15) is 4.79 Å². The Balaban J connectivity index is 2.42. The predicted octanol–water partition coefficient (Wildman–Crippen LogP) is 2.26. The van der Waals surface area contributed by atoms with Gasteiger partial charge in [-0.2, -0.15) is 0 Å². The molecule has 0 radical (unpaired) electrons. The standard InChI is InChI=1S/C14H16O5/c1-8-5-10(19-14(8)15)9-6-11(16-2)13(18-4)12(7-9)17-3/h6-7,10H,1,5H2,2-4H3. The quantitative estimate of drug-likeness (QED) is 0.616. The normalized spacial score (nSPS) is 18.2. The lowest BCUT2D eigenvalue weighted by Gasteiger charge is -2.16. The van der Waals surface area contributed by atoms with Gasteiger partial charge in [0.1, 0.15) is 6.10 Å². The van der Waals surface area contributed by atoms with Gasteiger partial charge in [-0.3, -0.25) is 0 Å². The lowest BCUT2D eigenvalue weighted by Crippen LogP contribution is -2.02. The van der Waals surface area contributed by atoms with Crippen molar-refractivity contribution >= 4 is 5.97 Å². The van der Waals surface area contributed by atoms with Crippen molar-refractivity contribution in [3.8, 4) is 17.2 Å². The Bertz CT molecular complexity index is 480. The van der Waals surface area contributed by atoms with Crippen LogP contribution in [0, 0.1) is 0 Å². The van der Waals surface area contributed by atoms with Crippen molar-refractivity contribution in [2.24, 2.45) is 0 Å². The molecule has 0 aromatic heterocycles. The summed E-state index contributed by atoms with van der Waals surface area (Å²) >= 11 is 0. The first-order valence-corrected chi connectivity index (χ1v) is 5.79. The summed E-state index contributed by atoms with van der Waals surface area (Å²) in [7, 11) is 4.62. The number of esters is 1. The number of hydrogen-bond acceptors (Lipinski definition) is 5. The highest BCUT2D eigenvalue weighted by atomic mass is 16.6. The number of rotatable bonds is 4. The maximum Gasteiger partial charge on any atom is 0.334 e. The lowest BCUT2D eigenvalue weighted by molar-refractivity contribution is -0.139. The molecule has 1 aliphatic heterocycles. The Morgan fingerprint density at radius 3 is 2.11 bits per heavy atom. The summed E-state index contributed by atoms with van der Waals surface area (Å²) in [5.74, 6) is 1.21. The van der Waals surface area contributed by atoms with Crippen molar-refractivity contribution < 1.29 is 23.7 Å². The average molecular weight is 264 g/mol. The van der Waals surface area contributed by atoms with E-state index in [0.29, 0.717) is 29.2 Å². The van der Waals surface area contributed by atoms with Crippen molar-refractivity contribution in [1.82, 2.24) is 0 Å². The summed E-state index contributed by atoms with van der Waals surface area (Å²) in [6, 6.07) is 3.55. The van der Waals surface area contributed by atoms with E-state index in [1.807, 2.05) is 0 Å². The van der Waals surface area contributed by atoms with Crippen LogP contribution < -0.4 is 14.2 Å². The molecule has 1 aromatic rings. The summed E-state index contributed by atoms with van der Waals surface area (Å²) in [5.41, 5.74) is 1.26. The minimum Gasteiger partial charge on any atom is -0.493 e. The second-order valence-electron chi connectivity index (χ2n) is 4.16. The van der Waals surface area contributed by atoms with Gasteiger partial charge >= 0.3 is 5.97 Å². The summed E-state index contributed by atoms with van der Waals surface area (Å²) in [6.07, 6.45) is 0.117. The molecule has 1 aliphatic rings. The van der Waals surface area contributed by atoms with Gasteiger partial charge in [0.2, 0.25) is 5.75 Å². The third-order valence-electron chi connectivity index (χ3n) is 3.03. The molecule has 0 spiro atoms. The van der Waals surface area contributed by atoms with Gasteiger partial charge in [-0.15, -0.1) is 0 Å². The van der Waals surface area contributed by atoms with E-state index in [0.717, 1.165) is 5.56 Å². The van der Waals surface area contributed by atoms with Gasteiger partial charge in [0, 0.05) is 17.6 Å². The largest absolute Gasteiger partial charge is 0.493 e. The number of cyclic esters (lactones) is 1. The lowest BCUT2D eigenvalue weighted by atomic mass is 10.0. The van der Waals surface area contributed by atoms with Crippen LogP contribution in [0.2, 0.25) is 0 Å². The van der Waals surface area contributed by atoms with E-state index in [1.54, 1.807) is 26.4 Å². The van der Waals surface area contributed by atoms with Crippen LogP contribution in [-0.4, -0.2) is 27.3 Å². The van der Waals surface area contributed by atoms with Crippen LogP contribution in [0.3, 0.4) is 0 Å². The van der Waals surface area contributed by atoms with Crippen LogP contribution in [0.1, 0.15) is 18.1 Å². The second kappa shape index (κ2) is 5.22. The third kappa shape index (κ3) is 2.36. The molecule has 0 N–H and O–H groups in total. The topological polar surface area (TPSA) is 54.0 Å². The molecule has 1 atom stereocenters. The Kier molecular flexibility index (Phi) is 3.64. The predicted molar refractivity (Wildman–Crippen MR) is 68.7 cm³/mol. The van der Waals surface area contributed by atoms with Gasteiger partial charge in [0.15, 0.2) is 11.5 Å². The fourth-order valence-electron chi connectivity index (χ4n) is 2.03. The Hall–Kier alpha value is -2.17. The van der Waals surface area contributed by atoms with Crippen molar-refractivity contribution in [2.75, 3.05) is 21.3 Å². The van der Waals surface area contributed by atoms with E-state index >= 15 is 0 Å². The molecule has 1 fully saturated rings. The molecule has 1 saturated heterocycles. The molecule has 2 rings (SSSR count). The molecule has 1 unspecified atom stereocenters. The fraction of sp³-hybridized carbons (Fsp3) is 0.357. The minimum absolute atomic E-state index is 0.353. The first-order chi connectivity index (χ1) is 9.10. The van der Waals surface area contributed by atoms with Crippen LogP contribution in [0.4, 0.5) is 0 Å². The zero-order chi connectivity index (χ0) is 14.0. The van der Waals surface area contributed by atoms with Gasteiger partial charge in [-0.1, -0.05) is 6.58 Å². The highest BCUT2D eigenvalue weighted by Crippen LogP contribution is 2.42. The number of ether oxygens (including phenoxy) is 4. The second-order valence-corrected chi connectivity index (χ2v) is 4.16. The van der Waals surface area contributed by atoms with E-state index < -0.39 is 0 Å². The van der Waals surface area contributed by atoms with Crippen LogP contribution >= 0.6 is 0 Å². The molecular weight excluding hydrogens is 248 g/mol. The van der Waals surface area contributed by atoms with Crippen LogP contribution in [-0.2, 0) is 9.53 Å². The molecular formula is C14H16O5. The van der Waals surface area contributed by atoms with Gasteiger partial charge < -0.3 is 18.9 Å². The Labute approximate surface area is 111 Å². The SMILES string of the molecule is C=C1CC(c2cc(OC)c(OC)c(OC)c2)OC1=O. The van der Waals surface area contributed by atoms with Crippen LogP contribution in [0.5, 0.6) is 17.2 Å². The maximum atomic E-state index is 11.4. The molecule has 0 amide bonds. The zero-order valence-electron chi connectivity index (χ0n) is 11.2. The van der Waals surface area contributed by atoms with Gasteiger partial charge in [0.05, 0.1) is 21.3 Å². The molecule has 1 heterocycles. The fourth-order valence-corrected chi connectivity index (χ4v) is 2.03. The summed E-state index contributed by atoms with van der Waals surface area (Å²) in [5, 5.41) is 0. The van der Waals surface area contributed by atoms with Crippen molar-refractivity contribution in [3.63, 3.8) is 0 Å². The molecule has 5 heteroatoms. The highest BCUT2D eigenvalue weighted by Gasteiger charge is 2.30. The van der Waals surface area contributed by atoms with Gasteiger partial charge in [-0.05, 0) is 12.1 Å². The summed E-state index contributed by atoms with van der Waals surface area (Å²) < 4.78 is 21.0. The number of hydrogen-bond donors (Lipinski definition) is 0. The first kappa shape index (κ1) is 13.3. The van der Waals surface area contributed by atoms with E-state index in [2.05, 4.69) is 6.58 Å². The first-order valence-electron chi connectivity index (χ1n) is 5.79. The van der Waals surface area contributed by atoms with E-state index in [4.69, 9.17) is 18.9 Å². The highest BCUT2D eigenvalue weighted by molar-refractivity contribution is 5.90. The smallest absolute Gasteiger partial charge is 0.334 e. The Morgan fingerprint density at radius 2 is 1.74 bits per heavy atom. The average Bonchev–Trinajstić information content (AvgIpc) is 2.76. The van der Waals surface area contributed by atoms with Gasteiger partial charge in [0.25, 0.3) is 0 Å². The maximum absolute atomic E-state index is 11.4. The van der Waals surface area contributed by atoms with Crippen molar-refractivity contribution in [1.29, 1.82) is 0 Å². The van der Waals surface area contributed by atoms with Crippen LogP contribution in [0.25, 0.3) is 0 Å². The van der Waals surface area contributed by atoms with Crippen LogP contribution in [0.15, 0.2) is 24.3 Å². The summed E-state index contributed by atoms with van der Waals surface area (Å²) in [4.78, 5) is 11.4. The molecule has 0 bridgehead atoms. The van der Waals surface area contributed by atoms with E-state index in [1.165, 1.54) is 7.11 Å².